The Bertz CT molecular complexity index is 2160. The minimum Gasteiger partial charge on any atom is -0.352 e. The standard InChI is InChI=1S/C33H31FN6O3S/c1-33(2,3)32(41)37-24-12-22(15-35-16-24)20-5-6-28-26(13-20)31(40-39-28)29-14-25-27(17-36-18-30(25)38-29)21-9-19(10-23(34)11-21)7-8-44(4,42)43/h5-6,9-18,38H,7-8H2,1-4H3,(H,37,41)(H,39,40). The van der Waals surface area contributed by atoms with Crippen molar-refractivity contribution in [3.05, 3.63) is 84.7 Å². The molecule has 0 spiro atoms. The summed E-state index contributed by atoms with van der Waals surface area (Å²) < 4.78 is 38.0. The zero-order valence-corrected chi connectivity index (χ0v) is 25.5. The van der Waals surface area contributed by atoms with E-state index in [9.17, 15) is 17.6 Å². The van der Waals surface area contributed by atoms with Gasteiger partial charge < -0.3 is 10.3 Å². The summed E-state index contributed by atoms with van der Waals surface area (Å²) in [4.78, 5) is 24.6. The summed E-state index contributed by atoms with van der Waals surface area (Å²) in [5, 5.41) is 12.3. The molecule has 4 aromatic heterocycles. The van der Waals surface area contributed by atoms with Crippen molar-refractivity contribution in [1.29, 1.82) is 0 Å². The molecule has 3 N–H and O–H groups in total. The van der Waals surface area contributed by atoms with E-state index in [0.29, 0.717) is 28.1 Å². The van der Waals surface area contributed by atoms with Gasteiger partial charge in [-0.05, 0) is 59.5 Å². The molecule has 11 heteroatoms. The SMILES string of the molecule is CC(C)(C)C(=O)Nc1cncc(-c2ccc3[nH]nc(-c4cc5c(-c6cc(F)cc(CCS(C)(=O)=O)c6)cncc5[nH]4)c3c2)c1. The number of benzene rings is 2. The third-order valence-electron chi connectivity index (χ3n) is 7.40. The van der Waals surface area contributed by atoms with Gasteiger partial charge in [-0.2, -0.15) is 5.10 Å². The summed E-state index contributed by atoms with van der Waals surface area (Å²) in [7, 11) is -3.19. The molecule has 2 aromatic carbocycles. The van der Waals surface area contributed by atoms with Crippen LogP contribution in [-0.4, -0.2) is 51.5 Å². The predicted octanol–water partition coefficient (Wildman–Crippen LogP) is 6.55. The number of anilines is 1. The van der Waals surface area contributed by atoms with E-state index < -0.39 is 21.1 Å². The summed E-state index contributed by atoms with van der Waals surface area (Å²) in [5.74, 6) is -0.603. The number of aromatic amines is 2. The number of rotatable bonds is 7. The van der Waals surface area contributed by atoms with Crippen molar-refractivity contribution >= 4 is 43.2 Å². The number of hydrogen-bond acceptors (Lipinski definition) is 6. The molecule has 44 heavy (non-hydrogen) atoms. The molecular weight excluding hydrogens is 579 g/mol. The predicted molar refractivity (Wildman–Crippen MR) is 171 cm³/mol. The molecule has 0 fully saturated rings. The quantitative estimate of drug-likeness (QED) is 0.188. The Kier molecular flexibility index (Phi) is 7.28. The topological polar surface area (TPSA) is 133 Å². The van der Waals surface area contributed by atoms with E-state index in [1.54, 1.807) is 30.9 Å². The third kappa shape index (κ3) is 6.09. The van der Waals surface area contributed by atoms with Crippen LogP contribution in [0.5, 0.6) is 0 Å². The number of carbonyl (C=O) groups is 1. The van der Waals surface area contributed by atoms with E-state index >= 15 is 0 Å². The van der Waals surface area contributed by atoms with Gasteiger partial charge in [0.1, 0.15) is 21.3 Å². The van der Waals surface area contributed by atoms with Crippen LogP contribution in [0.3, 0.4) is 0 Å². The van der Waals surface area contributed by atoms with Crippen molar-refractivity contribution < 1.29 is 17.6 Å². The zero-order chi connectivity index (χ0) is 31.2. The maximum Gasteiger partial charge on any atom is 0.229 e. The first-order valence-electron chi connectivity index (χ1n) is 14.0. The van der Waals surface area contributed by atoms with Crippen LogP contribution in [0.15, 0.2) is 73.3 Å². The molecule has 0 aliphatic rings. The second-order valence-electron chi connectivity index (χ2n) is 12.1. The smallest absolute Gasteiger partial charge is 0.229 e. The normalized spacial score (nSPS) is 12.2. The van der Waals surface area contributed by atoms with E-state index in [-0.39, 0.29) is 18.1 Å². The number of aromatic nitrogens is 5. The maximum absolute atomic E-state index is 14.6. The van der Waals surface area contributed by atoms with E-state index in [1.807, 2.05) is 51.1 Å². The van der Waals surface area contributed by atoms with Crippen molar-refractivity contribution in [1.82, 2.24) is 25.1 Å². The van der Waals surface area contributed by atoms with Gasteiger partial charge in [0.25, 0.3) is 0 Å². The van der Waals surface area contributed by atoms with Crippen LogP contribution in [0.25, 0.3) is 55.4 Å². The highest BCUT2D eigenvalue weighted by atomic mass is 32.2. The lowest BCUT2D eigenvalue weighted by Crippen LogP contribution is -2.27. The van der Waals surface area contributed by atoms with Crippen molar-refractivity contribution in [2.24, 2.45) is 5.41 Å². The molecule has 0 bridgehead atoms. The summed E-state index contributed by atoms with van der Waals surface area (Å²) in [6.07, 6.45) is 8.14. The average Bonchev–Trinajstić information content (AvgIpc) is 3.59. The summed E-state index contributed by atoms with van der Waals surface area (Å²) >= 11 is 0. The van der Waals surface area contributed by atoms with Crippen LogP contribution >= 0.6 is 0 Å². The fraction of sp³-hybridized carbons (Fsp3) is 0.212. The van der Waals surface area contributed by atoms with E-state index in [1.165, 1.54) is 18.4 Å². The first-order valence-corrected chi connectivity index (χ1v) is 16.1. The Hall–Kier alpha value is -4.90. The minimum atomic E-state index is -3.19. The van der Waals surface area contributed by atoms with Crippen molar-refractivity contribution in [3.8, 4) is 33.6 Å². The number of sulfone groups is 1. The molecule has 9 nitrogen and oxygen atoms in total. The molecule has 4 heterocycles. The molecular formula is C33H31FN6O3S. The van der Waals surface area contributed by atoms with Crippen molar-refractivity contribution in [2.75, 3.05) is 17.3 Å². The Labute approximate surface area is 253 Å². The van der Waals surface area contributed by atoms with Crippen molar-refractivity contribution in [2.45, 2.75) is 27.2 Å². The van der Waals surface area contributed by atoms with Gasteiger partial charge in [0.05, 0.1) is 40.6 Å². The number of aryl methyl sites for hydroxylation is 1. The highest BCUT2D eigenvalue weighted by Crippen LogP contribution is 2.35. The second kappa shape index (κ2) is 11.0. The number of hydrogen-bond donors (Lipinski definition) is 3. The lowest BCUT2D eigenvalue weighted by Gasteiger charge is -2.17. The summed E-state index contributed by atoms with van der Waals surface area (Å²) in [6.45, 7) is 5.57. The van der Waals surface area contributed by atoms with Gasteiger partial charge in [-0.15, -0.1) is 0 Å². The van der Waals surface area contributed by atoms with Crippen LogP contribution < -0.4 is 5.32 Å². The van der Waals surface area contributed by atoms with Crippen LogP contribution in [0.1, 0.15) is 26.3 Å². The Morgan fingerprint density at radius 1 is 0.886 bits per heavy atom. The van der Waals surface area contributed by atoms with Crippen molar-refractivity contribution in [3.63, 3.8) is 0 Å². The number of nitrogens with zero attached hydrogens (tertiary/aromatic N) is 3. The lowest BCUT2D eigenvalue weighted by molar-refractivity contribution is -0.123. The Morgan fingerprint density at radius 3 is 2.45 bits per heavy atom. The van der Waals surface area contributed by atoms with Gasteiger partial charge in [0, 0.05) is 46.0 Å². The largest absolute Gasteiger partial charge is 0.352 e. The van der Waals surface area contributed by atoms with Crippen LogP contribution in [0, 0.1) is 11.2 Å². The first-order chi connectivity index (χ1) is 20.8. The second-order valence-corrected chi connectivity index (χ2v) is 14.3. The zero-order valence-electron chi connectivity index (χ0n) is 24.7. The molecule has 6 aromatic rings. The number of amides is 1. The minimum absolute atomic E-state index is 0.0627. The number of pyridine rings is 2. The Morgan fingerprint density at radius 2 is 1.68 bits per heavy atom. The Balaban J connectivity index is 1.37. The van der Waals surface area contributed by atoms with Crippen LogP contribution in [-0.2, 0) is 21.1 Å². The molecule has 0 atom stereocenters. The van der Waals surface area contributed by atoms with Crippen LogP contribution in [0.2, 0.25) is 0 Å². The highest BCUT2D eigenvalue weighted by Gasteiger charge is 2.21. The van der Waals surface area contributed by atoms with E-state index in [4.69, 9.17) is 0 Å². The third-order valence-corrected chi connectivity index (χ3v) is 8.35. The molecule has 0 aliphatic heterocycles. The molecule has 6 rings (SSSR count). The number of halogens is 1. The fourth-order valence-electron chi connectivity index (χ4n) is 5.05. The molecule has 0 aliphatic carbocycles. The number of H-pyrrole nitrogens is 2. The number of fused-ring (bicyclic) bond motifs is 2. The van der Waals surface area contributed by atoms with Gasteiger partial charge in [-0.3, -0.25) is 19.9 Å². The molecule has 0 saturated carbocycles. The first kappa shape index (κ1) is 29.2. The average molecular weight is 611 g/mol. The summed E-state index contributed by atoms with van der Waals surface area (Å²) in [5.41, 5.74) is 6.77. The van der Waals surface area contributed by atoms with Crippen LogP contribution in [0.4, 0.5) is 10.1 Å². The van der Waals surface area contributed by atoms with Gasteiger partial charge in [-0.25, -0.2) is 12.8 Å². The molecule has 0 unspecified atom stereocenters. The molecule has 1 amide bonds. The van der Waals surface area contributed by atoms with Gasteiger partial charge in [0.2, 0.25) is 5.91 Å². The summed E-state index contributed by atoms with van der Waals surface area (Å²) in [6, 6.07) is 14.4. The van der Waals surface area contributed by atoms with Gasteiger partial charge >= 0.3 is 0 Å². The maximum atomic E-state index is 14.6. The number of nitrogens with one attached hydrogen (secondary N) is 3. The molecule has 0 saturated heterocycles. The fourth-order valence-corrected chi connectivity index (χ4v) is 5.65. The lowest BCUT2D eigenvalue weighted by atomic mass is 9.95. The van der Waals surface area contributed by atoms with E-state index in [2.05, 4.69) is 30.5 Å². The molecule has 0 radical (unpaired) electrons. The monoisotopic (exact) mass is 610 g/mol. The van der Waals surface area contributed by atoms with Gasteiger partial charge in [0.15, 0.2) is 0 Å². The molecule has 224 valence electrons. The van der Waals surface area contributed by atoms with E-state index in [0.717, 1.165) is 38.6 Å². The van der Waals surface area contributed by atoms with Gasteiger partial charge in [-0.1, -0.05) is 32.9 Å². The highest BCUT2D eigenvalue weighted by molar-refractivity contribution is 7.90. The number of carbonyl (C=O) groups excluding carboxylic acids is 1.